The Hall–Kier alpha value is -4.60. The maximum absolute atomic E-state index is 15.3. The van der Waals surface area contributed by atoms with Gasteiger partial charge in [-0.05, 0) is 86.1 Å². The molecule has 1 saturated heterocycles. The van der Waals surface area contributed by atoms with Crippen LogP contribution in [0.1, 0.15) is 62.3 Å². The highest BCUT2D eigenvalue weighted by atomic mass is 19.1. The number of anilines is 1. The molecule has 43 heavy (non-hydrogen) atoms. The molecule has 1 amide bonds. The number of phenolic OH excluding ortho intramolecular Hbond substituents is 1. The lowest BCUT2D eigenvalue weighted by molar-refractivity contribution is -0.126. The second-order valence-electron chi connectivity index (χ2n) is 11.8. The lowest BCUT2D eigenvalue weighted by atomic mass is 9.99. The standard InChI is InChI=1S/C33H35FN6O3/c1-6-27(42)38-13-14-39(20(5)17-38)31-25-16-23(21-7-8-21)29(24-15-22(41)9-10-26(24)34)36-32(25)40(33(43)37-31)30-19(4)11-12-35-28(30)18(2)3/h6,9-12,15-16,18,20-21,41H,1,7-8,13-14,17H2,2-5H3. The van der Waals surface area contributed by atoms with Gasteiger partial charge in [-0.15, -0.1) is 0 Å². The highest BCUT2D eigenvalue weighted by Crippen LogP contribution is 2.46. The van der Waals surface area contributed by atoms with Crippen LogP contribution in [0.4, 0.5) is 10.2 Å². The summed E-state index contributed by atoms with van der Waals surface area (Å²) in [5.74, 6) is -0.0537. The molecule has 1 saturated carbocycles. The Balaban J connectivity index is 1.67. The topological polar surface area (TPSA) is 104 Å². The molecule has 1 aliphatic heterocycles. The van der Waals surface area contributed by atoms with Crippen molar-refractivity contribution < 1.29 is 14.3 Å². The van der Waals surface area contributed by atoms with E-state index in [1.165, 1.54) is 28.8 Å². The van der Waals surface area contributed by atoms with Crippen LogP contribution in [-0.2, 0) is 4.79 Å². The molecule has 1 aliphatic carbocycles. The van der Waals surface area contributed by atoms with Crippen LogP contribution in [0, 0.1) is 12.7 Å². The molecule has 1 N–H and O–H groups in total. The van der Waals surface area contributed by atoms with Gasteiger partial charge < -0.3 is 14.9 Å². The van der Waals surface area contributed by atoms with Crippen molar-refractivity contribution in [3.63, 3.8) is 0 Å². The molecular formula is C33H35FN6O3. The van der Waals surface area contributed by atoms with Crippen molar-refractivity contribution in [2.24, 2.45) is 0 Å². The Morgan fingerprint density at radius 2 is 1.93 bits per heavy atom. The third kappa shape index (κ3) is 5.04. The van der Waals surface area contributed by atoms with Gasteiger partial charge in [0.1, 0.15) is 17.4 Å². The van der Waals surface area contributed by atoms with Crippen LogP contribution in [0.2, 0.25) is 0 Å². The van der Waals surface area contributed by atoms with E-state index in [0.717, 1.165) is 29.7 Å². The highest BCUT2D eigenvalue weighted by Gasteiger charge is 2.33. The third-order valence-electron chi connectivity index (χ3n) is 8.41. The molecule has 1 aromatic carbocycles. The molecule has 1 atom stereocenters. The predicted octanol–water partition coefficient (Wildman–Crippen LogP) is 5.22. The summed E-state index contributed by atoms with van der Waals surface area (Å²) in [5.41, 5.74) is 3.41. The number of carbonyl (C=O) groups excluding carboxylic acids is 1. The lowest BCUT2D eigenvalue weighted by Crippen LogP contribution is -2.54. The van der Waals surface area contributed by atoms with Crippen LogP contribution in [0.25, 0.3) is 28.0 Å². The smallest absolute Gasteiger partial charge is 0.355 e. The first kappa shape index (κ1) is 28.5. The van der Waals surface area contributed by atoms with Crippen molar-refractivity contribution >= 4 is 22.8 Å². The zero-order valence-corrected chi connectivity index (χ0v) is 24.8. The molecule has 0 radical (unpaired) electrons. The number of amides is 1. The number of rotatable bonds is 6. The molecule has 6 rings (SSSR count). The summed E-state index contributed by atoms with van der Waals surface area (Å²) in [7, 11) is 0. The number of benzene rings is 1. The fourth-order valence-electron chi connectivity index (χ4n) is 6.07. The Kier molecular flexibility index (Phi) is 7.23. The molecule has 1 unspecified atom stereocenters. The molecule has 2 fully saturated rings. The first-order chi connectivity index (χ1) is 20.6. The number of phenols is 1. The highest BCUT2D eigenvalue weighted by molar-refractivity contribution is 5.92. The zero-order chi connectivity index (χ0) is 30.6. The number of halogens is 1. The van der Waals surface area contributed by atoms with Crippen LogP contribution in [0.5, 0.6) is 5.75 Å². The lowest BCUT2D eigenvalue weighted by Gasteiger charge is -2.40. The molecule has 222 valence electrons. The number of piperazine rings is 1. The van der Waals surface area contributed by atoms with Gasteiger partial charge in [0, 0.05) is 37.4 Å². The summed E-state index contributed by atoms with van der Waals surface area (Å²) < 4.78 is 16.8. The van der Waals surface area contributed by atoms with Crippen molar-refractivity contribution in [2.75, 3.05) is 24.5 Å². The summed E-state index contributed by atoms with van der Waals surface area (Å²) in [5, 5.41) is 10.9. The van der Waals surface area contributed by atoms with Crippen LogP contribution in [-0.4, -0.2) is 61.1 Å². The van der Waals surface area contributed by atoms with Crippen molar-refractivity contribution in [1.82, 2.24) is 24.4 Å². The summed E-state index contributed by atoms with van der Waals surface area (Å²) in [4.78, 5) is 44.6. The van der Waals surface area contributed by atoms with Gasteiger partial charge in [-0.3, -0.25) is 9.78 Å². The molecule has 4 heterocycles. The molecule has 10 heteroatoms. The van der Waals surface area contributed by atoms with Crippen LogP contribution in [0.15, 0.2) is 54.0 Å². The molecule has 4 aromatic rings. The molecule has 0 spiro atoms. The second-order valence-corrected chi connectivity index (χ2v) is 11.8. The minimum Gasteiger partial charge on any atom is -0.508 e. The minimum absolute atomic E-state index is 0.000691. The van der Waals surface area contributed by atoms with Gasteiger partial charge in [0.2, 0.25) is 5.91 Å². The van der Waals surface area contributed by atoms with E-state index >= 15 is 4.39 Å². The Bertz CT molecular complexity index is 1830. The molecule has 2 aliphatic rings. The number of pyridine rings is 2. The van der Waals surface area contributed by atoms with Crippen molar-refractivity contribution in [1.29, 1.82) is 0 Å². The van der Waals surface area contributed by atoms with Crippen molar-refractivity contribution in [2.45, 2.75) is 58.4 Å². The molecule has 9 nitrogen and oxygen atoms in total. The average molecular weight is 583 g/mol. The Labute approximate surface area is 249 Å². The van der Waals surface area contributed by atoms with E-state index in [1.807, 2.05) is 44.7 Å². The maximum atomic E-state index is 15.3. The third-order valence-corrected chi connectivity index (χ3v) is 8.41. The molecular weight excluding hydrogens is 547 g/mol. The first-order valence-corrected chi connectivity index (χ1v) is 14.7. The maximum Gasteiger partial charge on any atom is 0.355 e. The SMILES string of the molecule is C=CC(=O)N1CCN(c2nc(=O)n(-c3c(C)ccnc3C(C)C)c3nc(-c4cc(O)ccc4F)c(C4CC4)cc23)C(C)C1. The van der Waals surface area contributed by atoms with Gasteiger partial charge >= 0.3 is 5.69 Å². The van der Waals surface area contributed by atoms with Crippen molar-refractivity contribution in [3.8, 4) is 22.7 Å². The van der Waals surface area contributed by atoms with E-state index in [1.54, 1.807) is 11.1 Å². The summed E-state index contributed by atoms with van der Waals surface area (Å²) in [6.45, 7) is 12.9. The summed E-state index contributed by atoms with van der Waals surface area (Å²) in [6, 6.07) is 7.62. The first-order valence-electron chi connectivity index (χ1n) is 14.7. The number of aromatic hydroxyl groups is 1. The van der Waals surface area contributed by atoms with Crippen LogP contribution in [0.3, 0.4) is 0 Å². The van der Waals surface area contributed by atoms with E-state index < -0.39 is 11.5 Å². The Morgan fingerprint density at radius 3 is 2.60 bits per heavy atom. The van der Waals surface area contributed by atoms with Gasteiger partial charge in [-0.25, -0.2) is 18.7 Å². The van der Waals surface area contributed by atoms with Gasteiger partial charge in [-0.1, -0.05) is 20.4 Å². The number of hydrogen-bond acceptors (Lipinski definition) is 7. The molecule has 3 aromatic heterocycles. The number of carbonyl (C=O) groups is 1. The summed E-state index contributed by atoms with van der Waals surface area (Å²) >= 11 is 0. The molecule has 0 bridgehead atoms. The number of hydrogen-bond donors (Lipinski definition) is 1. The van der Waals surface area contributed by atoms with Crippen LogP contribution >= 0.6 is 0 Å². The van der Waals surface area contributed by atoms with Gasteiger partial charge in [0.25, 0.3) is 0 Å². The van der Waals surface area contributed by atoms with Gasteiger partial charge in [-0.2, -0.15) is 4.98 Å². The fraction of sp³-hybridized carbons (Fsp3) is 0.364. The van der Waals surface area contributed by atoms with E-state index in [9.17, 15) is 14.7 Å². The number of aryl methyl sites for hydroxylation is 1. The largest absolute Gasteiger partial charge is 0.508 e. The van der Waals surface area contributed by atoms with Crippen LogP contribution < -0.4 is 10.6 Å². The quantitative estimate of drug-likeness (QED) is 0.311. The number of aromatic nitrogens is 4. The minimum atomic E-state index is -0.522. The van der Waals surface area contributed by atoms with E-state index in [4.69, 9.17) is 4.98 Å². The second kappa shape index (κ2) is 10.9. The number of fused-ring (bicyclic) bond motifs is 1. The van der Waals surface area contributed by atoms with E-state index in [0.29, 0.717) is 47.9 Å². The zero-order valence-electron chi connectivity index (χ0n) is 24.8. The van der Waals surface area contributed by atoms with Gasteiger partial charge in [0.15, 0.2) is 5.65 Å². The normalized spacial score (nSPS) is 17.1. The fourth-order valence-corrected chi connectivity index (χ4v) is 6.07. The van der Waals surface area contributed by atoms with Crippen molar-refractivity contribution in [3.05, 3.63) is 82.3 Å². The Morgan fingerprint density at radius 1 is 1.16 bits per heavy atom. The van der Waals surface area contributed by atoms with E-state index in [-0.39, 0.29) is 35.1 Å². The average Bonchev–Trinajstić information content (AvgIpc) is 3.83. The monoisotopic (exact) mass is 582 g/mol. The van der Waals surface area contributed by atoms with E-state index in [2.05, 4.69) is 16.5 Å². The predicted molar refractivity (Wildman–Crippen MR) is 164 cm³/mol. The summed E-state index contributed by atoms with van der Waals surface area (Å²) in [6.07, 6.45) is 4.90. The number of nitrogens with zero attached hydrogens (tertiary/aromatic N) is 6. The van der Waals surface area contributed by atoms with Gasteiger partial charge in [0.05, 0.1) is 22.5 Å².